The summed E-state index contributed by atoms with van der Waals surface area (Å²) in [5.41, 5.74) is 0. The largest absolute Gasteiger partial charge is 0.438 e. The molecule has 0 radical (unpaired) electrons. The van der Waals surface area contributed by atoms with E-state index in [9.17, 15) is 0 Å². The Balaban J connectivity index is 2.31. The van der Waals surface area contributed by atoms with Gasteiger partial charge in [0.25, 0.3) is 0 Å². The van der Waals surface area contributed by atoms with Gasteiger partial charge in [-0.1, -0.05) is 91.0 Å². The normalized spacial score (nSPS) is 10.9. The fourth-order valence-corrected chi connectivity index (χ4v) is 6.27. The molecule has 108 valence electrons. The lowest BCUT2D eigenvalue weighted by atomic mass is 10.3. The Morgan fingerprint density at radius 3 is 1.18 bits per heavy atom. The minimum Gasteiger partial charge on any atom is -0.438 e. The van der Waals surface area contributed by atoms with Crippen LogP contribution >= 0.6 is 0 Å². The number of benzene rings is 3. The van der Waals surface area contributed by atoms with Crippen molar-refractivity contribution in [2.45, 2.75) is 0 Å². The molecule has 0 unspecified atom stereocenters. The maximum Gasteiger partial charge on any atom is 0.380 e. The molecule has 3 heteroatoms. The van der Waals surface area contributed by atoms with Crippen LogP contribution in [0.4, 0.5) is 0 Å². The first-order chi connectivity index (χ1) is 10.9. The predicted octanol–water partition coefficient (Wildman–Crippen LogP) is 2.29. The van der Waals surface area contributed by atoms with Crippen LogP contribution in [-0.2, 0) is 4.53 Å². The van der Waals surface area contributed by atoms with Crippen molar-refractivity contribution in [2.24, 2.45) is 5.16 Å². The van der Waals surface area contributed by atoms with Crippen molar-refractivity contribution in [1.29, 1.82) is 0 Å². The average Bonchev–Trinajstić information content (AvgIpc) is 2.62. The van der Waals surface area contributed by atoms with Gasteiger partial charge < -0.3 is 4.53 Å². The zero-order valence-corrected chi connectivity index (χ0v) is 13.2. The molecule has 0 fully saturated rings. The Morgan fingerprint density at radius 1 is 0.591 bits per heavy atom. The number of hydrogen-bond acceptors (Lipinski definition) is 2. The highest BCUT2D eigenvalue weighted by Crippen LogP contribution is 2.09. The molecule has 0 N–H and O–H groups in total. The van der Waals surface area contributed by atoms with Crippen molar-refractivity contribution < 1.29 is 4.53 Å². The molecular weight excluding hydrogens is 286 g/mol. The maximum atomic E-state index is 6.04. The third kappa shape index (κ3) is 2.47. The van der Waals surface area contributed by atoms with E-state index < -0.39 is 8.32 Å². The van der Waals surface area contributed by atoms with Crippen LogP contribution in [0.1, 0.15) is 0 Å². The zero-order chi connectivity index (χ0) is 15.3. The molecule has 3 aromatic carbocycles. The zero-order valence-electron chi connectivity index (χ0n) is 12.2. The monoisotopic (exact) mass is 303 g/mol. The lowest BCUT2D eigenvalue weighted by Gasteiger charge is -2.29. The molecule has 0 saturated carbocycles. The summed E-state index contributed by atoms with van der Waals surface area (Å²) in [7, 11) is -2.65. The SMILES string of the molecule is C=NO[Si](c1ccccc1)(c1ccccc1)c1ccccc1. The molecule has 0 atom stereocenters. The van der Waals surface area contributed by atoms with E-state index in [1.54, 1.807) is 0 Å². The predicted molar refractivity (Wildman–Crippen MR) is 94.6 cm³/mol. The molecule has 0 spiro atoms. The summed E-state index contributed by atoms with van der Waals surface area (Å²) in [4.78, 5) is 0. The fourth-order valence-electron chi connectivity index (χ4n) is 2.77. The molecule has 0 saturated heterocycles. The first-order valence-corrected chi connectivity index (χ1v) is 9.09. The van der Waals surface area contributed by atoms with Crippen LogP contribution in [-0.4, -0.2) is 15.0 Å². The van der Waals surface area contributed by atoms with Crippen LogP contribution in [0.15, 0.2) is 96.2 Å². The van der Waals surface area contributed by atoms with E-state index in [0.29, 0.717) is 0 Å². The van der Waals surface area contributed by atoms with Gasteiger partial charge in [-0.2, -0.15) is 0 Å². The van der Waals surface area contributed by atoms with E-state index in [-0.39, 0.29) is 0 Å². The van der Waals surface area contributed by atoms with Crippen molar-refractivity contribution in [3.63, 3.8) is 0 Å². The van der Waals surface area contributed by atoms with Gasteiger partial charge in [0.05, 0.1) is 0 Å². The molecule has 22 heavy (non-hydrogen) atoms. The Morgan fingerprint density at radius 2 is 0.909 bits per heavy atom. The quantitative estimate of drug-likeness (QED) is 0.307. The smallest absolute Gasteiger partial charge is 0.380 e. The van der Waals surface area contributed by atoms with Crippen LogP contribution in [0.5, 0.6) is 0 Å². The van der Waals surface area contributed by atoms with Crippen molar-refractivity contribution in [1.82, 2.24) is 0 Å². The van der Waals surface area contributed by atoms with Gasteiger partial charge in [-0.25, -0.2) is 0 Å². The Labute approximate surface area is 131 Å². The Kier molecular flexibility index (Phi) is 4.16. The molecule has 0 bridgehead atoms. The summed E-state index contributed by atoms with van der Waals surface area (Å²) >= 11 is 0. The first kappa shape index (κ1) is 14.3. The Hall–Kier alpha value is -2.65. The highest BCUT2D eigenvalue weighted by molar-refractivity contribution is 7.07. The minimum atomic E-state index is -2.65. The van der Waals surface area contributed by atoms with Crippen LogP contribution in [0.3, 0.4) is 0 Å². The summed E-state index contributed by atoms with van der Waals surface area (Å²) in [6, 6.07) is 30.9. The van der Waals surface area contributed by atoms with E-state index in [1.807, 2.05) is 54.6 Å². The van der Waals surface area contributed by atoms with E-state index in [4.69, 9.17) is 4.53 Å². The maximum absolute atomic E-state index is 6.04. The third-order valence-electron chi connectivity index (χ3n) is 3.74. The van der Waals surface area contributed by atoms with Gasteiger partial charge in [0.2, 0.25) is 0 Å². The molecule has 0 aliphatic rings. The van der Waals surface area contributed by atoms with Gasteiger partial charge in [-0.3, -0.25) is 0 Å². The molecule has 3 aromatic rings. The molecular formula is C19H17NOSi. The third-order valence-corrected chi connectivity index (χ3v) is 7.58. The lowest BCUT2D eigenvalue weighted by molar-refractivity contribution is 0.353. The number of rotatable bonds is 5. The second-order valence-corrected chi connectivity index (χ2v) is 8.28. The topological polar surface area (TPSA) is 21.6 Å². The van der Waals surface area contributed by atoms with Gasteiger partial charge in [0.1, 0.15) is 0 Å². The standard InChI is InChI=1S/C19H17NOSi/c1-20-21-22(17-11-5-2-6-12-17,18-13-7-3-8-14-18)19-15-9-4-10-16-19/h2-16H,1H2. The fraction of sp³-hybridized carbons (Fsp3) is 0. The second-order valence-electron chi connectivity index (χ2n) is 5.00. The highest BCUT2D eigenvalue weighted by atomic mass is 28.4. The number of oxime groups is 1. The first-order valence-electron chi connectivity index (χ1n) is 7.18. The molecule has 0 aromatic heterocycles. The van der Waals surface area contributed by atoms with Gasteiger partial charge in [-0.15, -0.1) is 5.16 Å². The summed E-state index contributed by atoms with van der Waals surface area (Å²) in [6.07, 6.45) is 0. The lowest BCUT2D eigenvalue weighted by Crippen LogP contribution is -2.68. The summed E-state index contributed by atoms with van der Waals surface area (Å²) < 4.78 is 6.04. The van der Waals surface area contributed by atoms with Gasteiger partial charge in [0.15, 0.2) is 0 Å². The second kappa shape index (κ2) is 6.41. The van der Waals surface area contributed by atoms with Crippen molar-refractivity contribution in [3.8, 4) is 0 Å². The van der Waals surface area contributed by atoms with Crippen LogP contribution in [0, 0.1) is 0 Å². The van der Waals surface area contributed by atoms with Crippen LogP contribution in [0.2, 0.25) is 0 Å². The molecule has 2 nitrogen and oxygen atoms in total. The number of hydrogen-bond donors (Lipinski definition) is 0. The molecule has 0 aliphatic carbocycles. The van der Waals surface area contributed by atoms with E-state index >= 15 is 0 Å². The van der Waals surface area contributed by atoms with E-state index in [0.717, 1.165) is 15.6 Å². The van der Waals surface area contributed by atoms with Crippen molar-refractivity contribution in [2.75, 3.05) is 0 Å². The summed E-state index contributed by atoms with van der Waals surface area (Å²) in [5, 5.41) is 7.31. The van der Waals surface area contributed by atoms with Crippen LogP contribution in [0.25, 0.3) is 0 Å². The molecule has 0 heterocycles. The summed E-state index contributed by atoms with van der Waals surface area (Å²) in [5.74, 6) is 0. The van der Waals surface area contributed by atoms with Crippen molar-refractivity contribution >= 4 is 30.6 Å². The number of nitrogens with zero attached hydrogens (tertiary/aromatic N) is 1. The molecule has 3 rings (SSSR count). The highest BCUT2D eigenvalue weighted by Gasteiger charge is 2.44. The van der Waals surface area contributed by atoms with Crippen LogP contribution < -0.4 is 15.6 Å². The molecule has 0 aliphatic heterocycles. The Bertz CT molecular complexity index is 632. The van der Waals surface area contributed by atoms with Gasteiger partial charge in [-0.05, 0) is 15.6 Å². The summed E-state index contributed by atoms with van der Waals surface area (Å²) in [6.45, 7) is 3.58. The van der Waals surface area contributed by atoms with Gasteiger partial charge in [0, 0.05) is 6.72 Å². The average molecular weight is 303 g/mol. The van der Waals surface area contributed by atoms with E-state index in [2.05, 4.69) is 48.3 Å². The minimum absolute atomic E-state index is 1.15. The van der Waals surface area contributed by atoms with Crippen molar-refractivity contribution in [3.05, 3.63) is 91.0 Å². The van der Waals surface area contributed by atoms with E-state index in [1.165, 1.54) is 0 Å². The molecule has 0 amide bonds. The van der Waals surface area contributed by atoms with Gasteiger partial charge >= 0.3 is 8.32 Å².